The van der Waals surface area contributed by atoms with Crippen molar-refractivity contribution in [2.24, 2.45) is 0 Å². The molecule has 0 amide bonds. The number of para-hydroxylation sites is 1. The maximum atomic E-state index is 12.4. The van der Waals surface area contributed by atoms with E-state index in [1.54, 1.807) is 6.07 Å². The first-order valence-corrected chi connectivity index (χ1v) is 6.14. The fraction of sp³-hybridized carbons (Fsp3) is 0.231. The number of nitrogens with zero attached hydrogens (tertiary/aromatic N) is 2. The molecule has 0 saturated carbocycles. The minimum Gasteiger partial charge on any atom is -0.405 e. The summed E-state index contributed by atoms with van der Waals surface area (Å²) in [5, 5.41) is 0.105. The van der Waals surface area contributed by atoms with E-state index in [0.29, 0.717) is 0 Å². The van der Waals surface area contributed by atoms with E-state index in [9.17, 15) is 13.2 Å². The van der Waals surface area contributed by atoms with Gasteiger partial charge >= 0.3 is 6.36 Å². The standard InChI is InChI=1S/C13H10ClF3N2O2/c1-20-7-12-18-9(6-11(14)19-12)8-4-2-3-5-10(8)21-13(15,16)17/h2-6H,7H2,1H3. The van der Waals surface area contributed by atoms with Gasteiger partial charge in [0.05, 0.1) is 5.69 Å². The summed E-state index contributed by atoms with van der Waals surface area (Å²) < 4.78 is 46.1. The van der Waals surface area contributed by atoms with Crippen LogP contribution in [0.4, 0.5) is 13.2 Å². The highest BCUT2D eigenvalue weighted by Crippen LogP contribution is 2.33. The van der Waals surface area contributed by atoms with Crippen molar-refractivity contribution in [1.82, 2.24) is 9.97 Å². The third kappa shape index (κ3) is 4.30. The second-order valence-electron chi connectivity index (χ2n) is 3.97. The van der Waals surface area contributed by atoms with Crippen molar-refractivity contribution in [3.05, 3.63) is 41.3 Å². The number of rotatable bonds is 4. The molecule has 0 spiro atoms. The Kier molecular flexibility index (Phi) is 4.64. The highest BCUT2D eigenvalue weighted by molar-refractivity contribution is 6.29. The number of aromatic nitrogens is 2. The van der Waals surface area contributed by atoms with Crippen LogP contribution in [0.15, 0.2) is 30.3 Å². The van der Waals surface area contributed by atoms with Crippen molar-refractivity contribution in [2.75, 3.05) is 7.11 Å². The minimum absolute atomic E-state index is 0.0931. The van der Waals surface area contributed by atoms with Crippen LogP contribution >= 0.6 is 11.6 Å². The molecule has 0 unspecified atom stereocenters. The summed E-state index contributed by atoms with van der Waals surface area (Å²) in [7, 11) is 1.45. The number of alkyl halides is 3. The Balaban J connectivity index is 2.46. The first kappa shape index (κ1) is 15.5. The first-order valence-electron chi connectivity index (χ1n) is 5.76. The Morgan fingerprint density at radius 2 is 1.90 bits per heavy atom. The number of benzene rings is 1. The van der Waals surface area contributed by atoms with Crippen molar-refractivity contribution in [3.8, 4) is 17.0 Å². The highest BCUT2D eigenvalue weighted by atomic mass is 35.5. The van der Waals surface area contributed by atoms with Gasteiger partial charge in [0, 0.05) is 18.7 Å². The Morgan fingerprint density at radius 3 is 2.57 bits per heavy atom. The molecule has 2 rings (SSSR count). The summed E-state index contributed by atoms with van der Waals surface area (Å²) in [6, 6.07) is 7.03. The summed E-state index contributed by atoms with van der Waals surface area (Å²) in [6.07, 6.45) is -4.79. The lowest BCUT2D eigenvalue weighted by Crippen LogP contribution is -2.17. The molecule has 21 heavy (non-hydrogen) atoms. The van der Waals surface area contributed by atoms with Gasteiger partial charge in [-0.1, -0.05) is 23.7 Å². The molecule has 4 nitrogen and oxygen atoms in total. The molecular formula is C13H10ClF3N2O2. The van der Waals surface area contributed by atoms with Crippen LogP contribution in [0.1, 0.15) is 5.82 Å². The molecule has 0 saturated heterocycles. The minimum atomic E-state index is -4.79. The quantitative estimate of drug-likeness (QED) is 0.803. The van der Waals surface area contributed by atoms with Crippen LogP contribution in [-0.4, -0.2) is 23.4 Å². The lowest BCUT2D eigenvalue weighted by Gasteiger charge is -2.13. The van der Waals surface area contributed by atoms with Crippen LogP contribution in [0.3, 0.4) is 0 Å². The molecule has 112 valence electrons. The Bertz CT molecular complexity index is 635. The van der Waals surface area contributed by atoms with Gasteiger partial charge in [0.15, 0.2) is 5.82 Å². The average molecular weight is 319 g/mol. The van der Waals surface area contributed by atoms with Crippen LogP contribution in [0.5, 0.6) is 5.75 Å². The smallest absolute Gasteiger partial charge is 0.405 e. The van der Waals surface area contributed by atoms with Gasteiger partial charge in [-0.25, -0.2) is 9.97 Å². The van der Waals surface area contributed by atoms with Gasteiger partial charge in [0.1, 0.15) is 17.5 Å². The van der Waals surface area contributed by atoms with E-state index in [1.165, 1.54) is 31.4 Å². The molecule has 0 aliphatic heterocycles. The Hall–Kier alpha value is -1.86. The molecule has 0 aliphatic carbocycles. The zero-order valence-corrected chi connectivity index (χ0v) is 11.6. The third-order valence-corrected chi connectivity index (χ3v) is 2.60. The van der Waals surface area contributed by atoms with Crippen LogP contribution < -0.4 is 4.74 Å². The lowest BCUT2D eigenvalue weighted by molar-refractivity contribution is -0.274. The maximum absolute atomic E-state index is 12.4. The van der Waals surface area contributed by atoms with Crippen molar-refractivity contribution < 1.29 is 22.6 Å². The number of halogens is 4. The molecule has 2 aromatic rings. The monoisotopic (exact) mass is 318 g/mol. The van der Waals surface area contributed by atoms with Crippen LogP contribution in [0, 0.1) is 0 Å². The Morgan fingerprint density at radius 1 is 1.19 bits per heavy atom. The molecule has 0 atom stereocenters. The zero-order valence-electron chi connectivity index (χ0n) is 10.8. The maximum Gasteiger partial charge on any atom is 0.573 e. The van der Waals surface area contributed by atoms with Crippen molar-refractivity contribution in [1.29, 1.82) is 0 Å². The first-order chi connectivity index (χ1) is 9.89. The molecule has 1 heterocycles. The molecule has 0 fully saturated rings. The van der Waals surface area contributed by atoms with Crippen molar-refractivity contribution in [2.45, 2.75) is 13.0 Å². The van der Waals surface area contributed by atoms with Gasteiger partial charge in [-0.2, -0.15) is 0 Å². The molecular weight excluding hydrogens is 309 g/mol. The fourth-order valence-electron chi connectivity index (χ4n) is 1.69. The Labute approximate surface area is 123 Å². The van der Waals surface area contributed by atoms with Crippen LogP contribution in [0.25, 0.3) is 11.3 Å². The second kappa shape index (κ2) is 6.28. The molecule has 1 aromatic carbocycles. The number of methoxy groups -OCH3 is 1. The molecule has 0 radical (unpaired) electrons. The lowest BCUT2D eigenvalue weighted by atomic mass is 10.1. The third-order valence-electron chi connectivity index (χ3n) is 2.40. The summed E-state index contributed by atoms with van der Waals surface area (Å²) in [6.45, 7) is 0.0931. The molecule has 0 aliphatic rings. The predicted octanol–water partition coefficient (Wildman–Crippen LogP) is 3.84. The molecule has 0 N–H and O–H groups in total. The summed E-state index contributed by atoms with van der Waals surface area (Å²) >= 11 is 5.85. The predicted molar refractivity (Wildman–Crippen MR) is 69.9 cm³/mol. The van der Waals surface area contributed by atoms with E-state index < -0.39 is 6.36 Å². The second-order valence-corrected chi connectivity index (χ2v) is 4.36. The largest absolute Gasteiger partial charge is 0.573 e. The van der Waals surface area contributed by atoms with Gasteiger partial charge in [-0.05, 0) is 12.1 Å². The SMILES string of the molecule is COCc1nc(Cl)cc(-c2ccccc2OC(F)(F)F)n1. The van der Waals surface area contributed by atoms with E-state index in [1.807, 2.05) is 0 Å². The molecule has 1 aromatic heterocycles. The number of ether oxygens (including phenoxy) is 2. The fourth-order valence-corrected chi connectivity index (χ4v) is 1.89. The molecule has 0 bridgehead atoms. The van der Waals surface area contributed by atoms with Gasteiger partial charge in [-0.3, -0.25) is 0 Å². The highest BCUT2D eigenvalue weighted by Gasteiger charge is 2.32. The van der Waals surface area contributed by atoms with Crippen LogP contribution in [0.2, 0.25) is 5.15 Å². The van der Waals surface area contributed by atoms with E-state index in [4.69, 9.17) is 16.3 Å². The number of hydrogen-bond acceptors (Lipinski definition) is 4. The van der Waals surface area contributed by atoms with E-state index in [2.05, 4.69) is 14.7 Å². The van der Waals surface area contributed by atoms with E-state index in [0.717, 1.165) is 0 Å². The van der Waals surface area contributed by atoms with E-state index in [-0.39, 0.29) is 34.6 Å². The van der Waals surface area contributed by atoms with Crippen molar-refractivity contribution >= 4 is 11.6 Å². The summed E-state index contributed by atoms with van der Waals surface area (Å²) in [4.78, 5) is 8.04. The summed E-state index contributed by atoms with van der Waals surface area (Å²) in [5.74, 6) is -0.0926. The van der Waals surface area contributed by atoms with E-state index >= 15 is 0 Å². The van der Waals surface area contributed by atoms with Crippen molar-refractivity contribution in [3.63, 3.8) is 0 Å². The topological polar surface area (TPSA) is 44.2 Å². The normalized spacial score (nSPS) is 11.5. The molecule has 8 heteroatoms. The zero-order chi connectivity index (χ0) is 15.5. The van der Waals surface area contributed by atoms with Gasteiger partial charge in [0.25, 0.3) is 0 Å². The average Bonchev–Trinajstić information content (AvgIpc) is 2.37. The van der Waals surface area contributed by atoms with Crippen LogP contribution in [-0.2, 0) is 11.3 Å². The van der Waals surface area contributed by atoms with Gasteiger partial charge in [0.2, 0.25) is 0 Å². The summed E-state index contributed by atoms with van der Waals surface area (Å²) in [5.41, 5.74) is 0.387. The van der Waals surface area contributed by atoms with Gasteiger partial charge in [-0.15, -0.1) is 13.2 Å². The van der Waals surface area contributed by atoms with Gasteiger partial charge < -0.3 is 9.47 Å². The number of hydrogen-bond donors (Lipinski definition) is 0.